The van der Waals surface area contributed by atoms with E-state index in [1.165, 1.54) is 4.90 Å². The molecule has 3 rings (SSSR count). The second-order valence-corrected chi connectivity index (χ2v) is 4.88. The largest absolute Gasteiger partial charge is 0.388 e. The molecule has 0 unspecified atom stereocenters. The molecule has 5 nitrogen and oxygen atoms in total. The highest BCUT2D eigenvalue weighted by Crippen LogP contribution is 2.36. The van der Waals surface area contributed by atoms with Gasteiger partial charge in [0.05, 0.1) is 12.2 Å². The van der Waals surface area contributed by atoms with Crippen LogP contribution in [0.3, 0.4) is 0 Å². The van der Waals surface area contributed by atoms with Gasteiger partial charge < -0.3 is 19.7 Å². The average Bonchev–Trinajstić information content (AvgIpc) is 2.94. The lowest BCUT2D eigenvalue weighted by atomic mass is 10.3. The first-order valence-corrected chi connectivity index (χ1v) is 5.99. The van der Waals surface area contributed by atoms with E-state index in [-0.39, 0.29) is 19.0 Å². The number of likely N-dealkylation sites (tertiary alicyclic amines) is 1. The number of aliphatic hydroxyl groups excluding tert-OH is 2. The molecule has 5 heteroatoms. The van der Waals surface area contributed by atoms with Crippen molar-refractivity contribution in [3.63, 3.8) is 0 Å². The molecule has 0 radical (unpaired) electrons. The highest BCUT2D eigenvalue weighted by molar-refractivity contribution is 5.93. The molecule has 2 fully saturated rings. The molecule has 1 aromatic heterocycles. The molecule has 92 valence electrons. The quantitative estimate of drug-likeness (QED) is 0.759. The van der Waals surface area contributed by atoms with Crippen LogP contribution in [-0.2, 0) is 0 Å². The second-order valence-electron chi connectivity index (χ2n) is 4.88. The van der Waals surface area contributed by atoms with Crippen molar-refractivity contribution >= 4 is 5.91 Å². The predicted octanol–water partition coefficient (Wildman–Crippen LogP) is 0.000600. The van der Waals surface area contributed by atoms with E-state index in [2.05, 4.69) is 0 Å². The number of nitrogens with zero attached hydrogens (tertiary/aromatic N) is 2. The van der Waals surface area contributed by atoms with E-state index >= 15 is 0 Å². The highest BCUT2D eigenvalue weighted by Gasteiger charge is 2.35. The minimum Gasteiger partial charge on any atom is -0.388 e. The standard InChI is InChI=1S/C12H16N2O3/c15-10-6-13(7-11(10)16)12(17)9-2-1-5-14(9)8-3-4-8/h1-2,5,8,10-11,15-16H,3-4,6-7H2/t10-,11+. The Bertz CT molecular complexity index is 429. The molecule has 1 aromatic rings. The van der Waals surface area contributed by atoms with E-state index in [0.29, 0.717) is 11.7 Å². The Morgan fingerprint density at radius 3 is 2.47 bits per heavy atom. The van der Waals surface area contributed by atoms with Crippen LogP contribution < -0.4 is 0 Å². The monoisotopic (exact) mass is 236 g/mol. The number of hydrogen-bond donors (Lipinski definition) is 2. The first kappa shape index (κ1) is 10.8. The molecule has 0 spiro atoms. The smallest absolute Gasteiger partial charge is 0.270 e. The van der Waals surface area contributed by atoms with Gasteiger partial charge in [-0.15, -0.1) is 0 Å². The fourth-order valence-corrected chi connectivity index (χ4v) is 2.34. The van der Waals surface area contributed by atoms with E-state index in [0.717, 1.165) is 12.8 Å². The van der Waals surface area contributed by atoms with Crippen molar-refractivity contribution in [2.75, 3.05) is 13.1 Å². The van der Waals surface area contributed by atoms with Crippen molar-refractivity contribution < 1.29 is 15.0 Å². The zero-order chi connectivity index (χ0) is 12.0. The summed E-state index contributed by atoms with van der Waals surface area (Å²) < 4.78 is 2.00. The van der Waals surface area contributed by atoms with Crippen LogP contribution in [0, 0.1) is 0 Å². The van der Waals surface area contributed by atoms with E-state index < -0.39 is 12.2 Å². The van der Waals surface area contributed by atoms with Crippen LogP contribution in [0.15, 0.2) is 18.3 Å². The summed E-state index contributed by atoms with van der Waals surface area (Å²) in [5.74, 6) is -0.0995. The lowest BCUT2D eigenvalue weighted by Gasteiger charge is -2.16. The van der Waals surface area contributed by atoms with Crippen molar-refractivity contribution in [3.05, 3.63) is 24.0 Å². The number of rotatable bonds is 2. The van der Waals surface area contributed by atoms with Gasteiger partial charge in [-0.3, -0.25) is 4.79 Å². The van der Waals surface area contributed by atoms with E-state index in [9.17, 15) is 15.0 Å². The summed E-state index contributed by atoms with van der Waals surface area (Å²) in [6, 6.07) is 4.13. The number of hydrogen-bond acceptors (Lipinski definition) is 3. The third kappa shape index (κ3) is 1.85. The van der Waals surface area contributed by atoms with Crippen LogP contribution in [0.5, 0.6) is 0 Å². The Morgan fingerprint density at radius 1 is 1.24 bits per heavy atom. The van der Waals surface area contributed by atoms with Crippen LogP contribution in [0.2, 0.25) is 0 Å². The Kier molecular flexibility index (Phi) is 2.45. The number of β-amino-alcohol motifs (C(OH)–C–C–N with tert-alkyl or cyclic N) is 2. The van der Waals surface area contributed by atoms with Crippen molar-refractivity contribution in [2.45, 2.75) is 31.1 Å². The summed E-state index contributed by atoms with van der Waals surface area (Å²) in [6.07, 6.45) is 2.54. The fraction of sp³-hybridized carbons (Fsp3) is 0.583. The highest BCUT2D eigenvalue weighted by atomic mass is 16.3. The molecular weight excluding hydrogens is 220 g/mol. The van der Waals surface area contributed by atoms with Gasteiger partial charge in [-0.1, -0.05) is 0 Å². The molecule has 1 saturated carbocycles. The molecule has 17 heavy (non-hydrogen) atoms. The molecule has 2 atom stereocenters. The van der Waals surface area contributed by atoms with Gasteiger partial charge in [0.1, 0.15) is 5.69 Å². The molecule has 2 aliphatic rings. The predicted molar refractivity (Wildman–Crippen MR) is 60.6 cm³/mol. The van der Waals surface area contributed by atoms with Crippen molar-refractivity contribution in [3.8, 4) is 0 Å². The molecule has 0 bridgehead atoms. The third-order valence-electron chi connectivity index (χ3n) is 3.48. The first-order valence-electron chi connectivity index (χ1n) is 5.99. The number of aliphatic hydroxyl groups is 2. The molecule has 0 aromatic carbocycles. The van der Waals surface area contributed by atoms with Crippen LogP contribution in [0.4, 0.5) is 0 Å². The number of carbonyl (C=O) groups is 1. The maximum atomic E-state index is 12.2. The topological polar surface area (TPSA) is 65.7 Å². The zero-order valence-corrected chi connectivity index (χ0v) is 9.49. The molecule has 1 aliphatic carbocycles. The van der Waals surface area contributed by atoms with Crippen LogP contribution in [0.25, 0.3) is 0 Å². The second kappa shape index (κ2) is 3.85. The zero-order valence-electron chi connectivity index (χ0n) is 9.49. The summed E-state index contributed by atoms with van der Waals surface area (Å²) in [5, 5.41) is 18.9. The summed E-state index contributed by atoms with van der Waals surface area (Å²) in [7, 11) is 0. The Hall–Kier alpha value is -1.33. The van der Waals surface area contributed by atoms with Gasteiger partial charge >= 0.3 is 0 Å². The van der Waals surface area contributed by atoms with E-state index in [4.69, 9.17) is 0 Å². The van der Waals surface area contributed by atoms with Crippen molar-refractivity contribution in [1.29, 1.82) is 0 Å². The summed E-state index contributed by atoms with van der Waals surface area (Å²) >= 11 is 0. The summed E-state index contributed by atoms with van der Waals surface area (Å²) in [4.78, 5) is 13.8. The molecular formula is C12H16N2O3. The lowest BCUT2D eigenvalue weighted by molar-refractivity contribution is 0.0572. The van der Waals surface area contributed by atoms with Gasteiger partial charge in [0.25, 0.3) is 5.91 Å². The van der Waals surface area contributed by atoms with Gasteiger partial charge in [0, 0.05) is 25.3 Å². The summed E-state index contributed by atoms with van der Waals surface area (Å²) in [5.41, 5.74) is 0.661. The van der Waals surface area contributed by atoms with E-state index in [1.54, 1.807) is 6.07 Å². The van der Waals surface area contributed by atoms with Gasteiger partial charge in [-0.2, -0.15) is 0 Å². The van der Waals surface area contributed by atoms with Crippen LogP contribution >= 0.6 is 0 Å². The molecule has 2 heterocycles. The maximum absolute atomic E-state index is 12.2. The Labute approximate surface area is 99.3 Å². The van der Waals surface area contributed by atoms with Gasteiger partial charge in [0.15, 0.2) is 0 Å². The summed E-state index contributed by atoms with van der Waals surface area (Å²) in [6.45, 7) is 0.436. The third-order valence-corrected chi connectivity index (χ3v) is 3.48. The maximum Gasteiger partial charge on any atom is 0.270 e. The van der Waals surface area contributed by atoms with Gasteiger partial charge in [-0.25, -0.2) is 0 Å². The first-order chi connectivity index (χ1) is 8.16. The van der Waals surface area contributed by atoms with Crippen molar-refractivity contribution in [2.24, 2.45) is 0 Å². The minimum atomic E-state index is -0.816. The minimum absolute atomic E-state index is 0.0995. The number of amides is 1. The van der Waals surface area contributed by atoms with Crippen LogP contribution in [-0.4, -0.2) is 50.9 Å². The average molecular weight is 236 g/mol. The van der Waals surface area contributed by atoms with Gasteiger partial charge in [-0.05, 0) is 25.0 Å². The normalized spacial score (nSPS) is 28.7. The Morgan fingerprint density at radius 2 is 1.88 bits per heavy atom. The van der Waals surface area contributed by atoms with Crippen LogP contribution in [0.1, 0.15) is 29.4 Å². The number of carbonyl (C=O) groups excluding carboxylic acids is 1. The lowest BCUT2D eigenvalue weighted by Crippen LogP contribution is -2.31. The molecule has 1 saturated heterocycles. The number of aromatic nitrogens is 1. The molecule has 1 amide bonds. The van der Waals surface area contributed by atoms with Crippen molar-refractivity contribution in [1.82, 2.24) is 9.47 Å². The SMILES string of the molecule is O=C(c1cccn1C1CC1)N1C[C@@H](O)[C@@H](O)C1. The fourth-order valence-electron chi connectivity index (χ4n) is 2.34. The Balaban J connectivity index is 1.79. The molecule has 1 aliphatic heterocycles. The molecule has 2 N–H and O–H groups in total. The van der Waals surface area contributed by atoms with Gasteiger partial charge in [0.2, 0.25) is 0 Å². The van der Waals surface area contributed by atoms with E-state index in [1.807, 2.05) is 16.8 Å².